The third-order valence-electron chi connectivity index (χ3n) is 2.23. The van der Waals surface area contributed by atoms with Crippen LogP contribution >= 0.6 is 35.6 Å². The Morgan fingerprint density at radius 3 is 2.63 bits per heavy atom. The fourth-order valence-electron chi connectivity index (χ4n) is 1.31. The van der Waals surface area contributed by atoms with Crippen LogP contribution in [-0.4, -0.2) is 24.0 Å². The van der Waals surface area contributed by atoms with Crippen molar-refractivity contribution in [2.24, 2.45) is 10.9 Å². The Kier molecular flexibility index (Phi) is 9.95. The minimum Gasteiger partial charge on any atom is -0.357 e. The molecule has 0 unspecified atom stereocenters. The summed E-state index contributed by atoms with van der Waals surface area (Å²) in [5.41, 5.74) is 1.04. The maximum absolute atomic E-state index is 5.74. The zero-order valence-corrected chi connectivity index (χ0v) is 14.7. The molecule has 0 saturated heterocycles. The zero-order valence-electron chi connectivity index (χ0n) is 11.6. The summed E-state index contributed by atoms with van der Waals surface area (Å²) in [6, 6.07) is 3.71. The molecule has 6 heteroatoms. The average Bonchev–Trinajstić information content (AvgIpc) is 2.34. The Balaban J connectivity index is 0.00000324. The number of guanidine groups is 1. The van der Waals surface area contributed by atoms with E-state index in [-0.39, 0.29) is 24.0 Å². The first-order valence-corrected chi connectivity index (χ1v) is 6.62. The number of rotatable bonds is 5. The molecule has 0 atom stereocenters. The van der Waals surface area contributed by atoms with E-state index in [4.69, 9.17) is 11.6 Å². The average molecular weight is 397 g/mol. The summed E-state index contributed by atoms with van der Waals surface area (Å²) in [5, 5.41) is 7.01. The quantitative estimate of drug-likeness (QED) is 0.348. The van der Waals surface area contributed by atoms with Crippen LogP contribution in [0.2, 0.25) is 5.15 Å². The summed E-state index contributed by atoms with van der Waals surface area (Å²) in [4.78, 5) is 8.53. The van der Waals surface area contributed by atoms with Gasteiger partial charge in [0, 0.05) is 19.3 Å². The highest BCUT2D eigenvalue weighted by molar-refractivity contribution is 14.0. The zero-order chi connectivity index (χ0) is 13.4. The van der Waals surface area contributed by atoms with Gasteiger partial charge in [0.1, 0.15) is 5.15 Å². The molecule has 0 aromatic carbocycles. The highest BCUT2D eigenvalue weighted by Crippen LogP contribution is 2.05. The van der Waals surface area contributed by atoms with E-state index in [0.29, 0.717) is 17.6 Å². The molecule has 1 aromatic rings. The van der Waals surface area contributed by atoms with Crippen LogP contribution in [-0.2, 0) is 6.54 Å². The van der Waals surface area contributed by atoms with Gasteiger partial charge in [-0.2, -0.15) is 0 Å². The molecule has 0 bridgehead atoms. The molecule has 0 aliphatic rings. The molecule has 0 fully saturated rings. The van der Waals surface area contributed by atoms with Crippen molar-refractivity contribution < 1.29 is 0 Å². The van der Waals surface area contributed by atoms with E-state index in [0.717, 1.165) is 24.6 Å². The van der Waals surface area contributed by atoms with Crippen LogP contribution in [0, 0.1) is 5.92 Å². The Bertz CT molecular complexity index is 379. The summed E-state index contributed by atoms with van der Waals surface area (Å²) in [6.45, 7) is 8.74. The van der Waals surface area contributed by atoms with Gasteiger partial charge in [-0.25, -0.2) is 9.98 Å². The second-order valence-corrected chi connectivity index (χ2v) is 4.85. The van der Waals surface area contributed by atoms with E-state index in [1.165, 1.54) is 0 Å². The second kappa shape index (κ2) is 10.3. The maximum Gasteiger partial charge on any atom is 0.191 e. The van der Waals surface area contributed by atoms with E-state index < -0.39 is 0 Å². The van der Waals surface area contributed by atoms with Crippen LogP contribution in [0.25, 0.3) is 0 Å². The molecule has 108 valence electrons. The van der Waals surface area contributed by atoms with Crippen LogP contribution in [0.1, 0.15) is 26.3 Å². The van der Waals surface area contributed by atoms with Crippen molar-refractivity contribution in [3.05, 3.63) is 29.0 Å². The van der Waals surface area contributed by atoms with Crippen LogP contribution in [0.3, 0.4) is 0 Å². The summed E-state index contributed by atoms with van der Waals surface area (Å²) in [6.07, 6.45) is 1.75. The first-order chi connectivity index (χ1) is 8.61. The van der Waals surface area contributed by atoms with Crippen LogP contribution in [0.15, 0.2) is 23.3 Å². The van der Waals surface area contributed by atoms with Crippen molar-refractivity contribution in [1.82, 2.24) is 15.6 Å². The van der Waals surface area contributed by atoms with Crippen molar-refractivity contribution in [1.29, 1.82) is 0 Å². The predicted octanol–water partition coefficient (Wildman–Crippen LogP) is 3.06. The van der Waals surface area contributed by atoms with Gasteiger partial charge in [0.25, 0.3) is 0 Å². The molecule has 1 heterocycles. The van der Waals surface area contributed by atoms with Gasteiger partial charge in [-0.15, -0.1) is 24.0 Å². The highest BCUT2D eigenvalue weighted by atomic mass is 127. The summed E-state index contributed by atoms with van der Waals surface area (Å²) in [5.74, 6) is 1.42. The summed E-state index contributed by atoms with van der Waals surface area (Å²) < 4.78 is 0. The van der Waals surface area contributed by atoms with Gasteiger partial charge in [0.05, 0.1) is 6.54 Å². The number of pyridine rings is 1. The number of nitrogens with one attached hydrogen (secondary N) is 2. The third kappa shape index (κ3) is 8.26. The van der Waals surface area contributed by atoms with Crippen molar-refractivity contribution in [2.75, 3.05) is 13.1 Å². The van der Waals surface area contributed by atoms with Gasteiger partial charge in [-0.3, -0.25) is 0 Å². The first kappa shape index (κ1) is 18.4. The number of hydrogen-bond donors (Lipinski definition) is 2. The molecule has 1 rings (SSSR count). The Labute approximate surface area is 137 Å². The van der Waals surface area contributed by atoms with Crippen molar-refractivity contribution in [3.63, 3.8) is 0 Å². The highest BCUT2D eigenvalue weighted by Gasteiger charge is 1.99. The summed E-state index contributed by atoms with van der Waals surface area (Å²) >= 11 is 5.74. The molecule has 0 spiro atoms. The number of halogens is 2. The minimum absolute atomic E-state index is 0. The first-order valence-electron chi connectivity index (χ1n) is 6.24. The molecule has 0 aliphatic carbocycles. The molecular formula is C13H22ClIN4. The van der Waals surface area contributed by atoms with E-state index in [1.54, 1.807) is 12.3 Å². The van der Waals surface area contributed by atoms with Crippen molar-refractivity contribution >= 4 is 41.5 Å². The standard InChI is InChI=1S/C13H21ClN4.HI/c1-4-15-13(17-7-10(2)3)18-9-11-5-6-12(14)16-8-11;/h5-6,8,10H,4,7,9H2,1-3H3,(H2,15,17,18);1H. The molecule has 1 aromatic heterocycles. The van der Waals surface area contributed by atoms with E-state index in [9.17, 15) is 0 Å². The number of nitrogens with zero attached hydrogens (tertiary/aromatic N) is 2. The lowest BCUT2D eigenvalue weighted by molar-refractivity contribution is 0.615. The van der Waals surface area contributed by atoms with Crippen LogP contribution in [0.4, 0.5) is 0 Å². The fraction of sp³-hybridized carbons (Fsp3) is 0.538. The number of hydrogen-bond acceptors (Lipinski definition) is 2. The van der Waals surface area contributed by atoms with Gasteiger partial charge in [0.15, 0.2) is 5.96 Å². The van der Waals surface area contributed by atoms with E-state index in [1.807, 2.05) is 6.07 Å². The van der Waals surface area contributed by atoms with Crippen molar-refractivity contribution in [3.8, 4) is 0 Å². The SMILES string of the molecule is CCNC(=NCc1ccc(Cl)nc1)NCC(C)C.I. The molecule has 0 amide bonds. The molecule has 0 radical (unpaired) electrons. The smallest absolute Gasteiger partial charge is 0.191 e. The van der Waals surface area contributed by atoms with Gasteiger partial charge in [0.2, 0.25) is 0 Å². The Hall–Kier alpha value is -0.560. The normalized spacial score (nSPS) is 11.1. The number of aromatic nitrogens is 1. The summed E-state index contributed by atoms with van der Waals surface area (Å²) in [7, 11) is 0. The monoisotopic (exact) mass is 396 g/mol. The Morgan fingerprint density at radius 1 is 1.37 bits per heavy atom. The lowest BCUT2D eigenvalue weighted by Crippen LogP contribution is -2.39. The van der Waals surface area contributed by atoms with Gasteiger partial charge in [-0.1, -0.05) is 31.5 Å². The molecule has 0 aliphatic heterocycles. The van der Waals surface area contributed by atoms with Gasteiger partial charge >= 0.3 is 0 Å². The molecule has 2 N–H and O–H groups in total. The van der Waals surface area contributed by atoms with Gasteiger partial charge < -0.3 is 10.6 Å². The molecule has 0 saturated carbocycles. The molecule has 4 nitrogen and oxygen atoms in total. The number of aliphatic imine (C=N–C) groups is 1. The lowest BCUT2D eigenvalue weighted by Gasteiger charge is -2.12. The topological polar surface area (TPSA) is 49.3 Å². The van der Waals surface area contributed by atoms with E-state index in [2.05, 4.69) is 41.4 Å². The Morgan fingerprint density at radius 2 is 2.11 bits per heavy atom. The molecule has 19 heavy (non-hydrogen) atoms. The van der Waals surface area contributed by atoms with Crippen LogP contribution < -0.4 is 10.6 Å². The fourth-order valence-corrected chi connectivity index (χ4v) is 1.42. The predicted molar refractivity (Wildman–Crippen MR) is 92.3 cm³/mol. The molecular weight excluding hydrogens is 375 g/mol. The largest absolute Gasteiger partial charge is 0.357 e. The third-order valence-corrected chi connectivity index (χ3v) is 2.45. The minimum atomic E-state index is 0. The van der Waals surface area contributed by atoms with Crippen LogP contribution in [0.5, 0.6) is 0 Å². The lowest BCUT2D eigenvalue weighted by atomic mass is 10.2. The van der Waals surface area contributed by atoms with E-state index >= 15 is 0 Å². The van der Waals surface area contributed by atoms with Crippen molar-refractivity contribution in [2.45, 2.75) is 27.3 Å². The maximum atomic E-state index is 5.74. The van der Waals surface area contributed by atoms with Gasteiger partial charge in [-0.05, 0) is 24.5 Å². The second-order valence-electron chi connectivity index (χ2n) is 4.46.